The highest BCUT2D eigenvalue weighted by Gasteiger charge is 2.72. The van der Waals surface area contributed by atoms with Crippen LogP contribution in [0.2, 0.25) is 0 Å². The van der Waals surface area contributed by atoms with Crippen LogP contribution >= 0.6 is 0 Å². The minimum absolute atomic E-state index is 0.0735. The number of ether oxygens (including phenoxy) is 3. The molecule has 2 bridgehead atoms. The summed E-state index contributed by atoms with van der Waals surface area (Å²) in [6.07, 6.45) is 8.24. The van der Waals surface area contributed by atoms with Crippen LogP contribution in [0.25, 0.3) is 0 Å². The maximum Gasteiger partial charge on any atom is 0.246 e. The van der Waals surface area contributed by atoms with Crippen LogP contribution in [0.5, 0.6) is 11.5 Å². The topological polar surface area (TPSA) is 106 Å². The number of hydrogen-bond acceptors (Lipinski definition) is 6. The number of nitrogens with one attached hydrogen (secondary N) is 2. The zero-order valence-corrected chi connectivity index (χ0v) is 22.8. The number of amides is 3. The van der Waals surface area contributed by atoms with E-state index in [0.29, 0.717) is 17.2 Å². The van der Waals surface area contributed by atoms with Crippen LogP contribution < -0.4 is 20.1 Å². The van der Waals surface area contributed by atoms with Gasteiger partial charge in [0.1, 0.15) is 23.1 Å². The van der Waals surface area contributed by atoms with Crippen LogP contribution in [0, 0.1) is 11.8 Å². The normalized spacial score (nSPS) is 28.9. The highest BCUT2D eigenvalue weighted by atomic mass is 16.5. The van der Waals surface area contributed by atoms with Gasteiger partial charge in [0, 0.05) is 24.3 Å². The van der Waals surface area contributed by atoms with E-state index in [2.05, 4.69) is 10.6 Å². The smallest absolute Gasteiger partial charge is 0.246 e. The largest absolute Gasteiger partial charge is 0.497 e. The van der Waals surface area contributed by atoms with E-state index in [1.807, 2.05) is 36.4 Å². The molecule has 2 aromatic rings. The van der Waals surface area contributed by atoms with Crippen molar-refractivity contribution in [3.63, 3.8) is 0 Å². The molecular formula is C31H35N3O6. The lowest BCUT2D eigenvalue weighted by molar-refractivity contribution is -0.142. The number of likely N-dealkylation sites (tertiary alicyclic amines) is 1. The Balaban J connectivity index is 1.31. The fraction of sp³-hybridized carbons (Fsp3) is 0.452. The molecule has 0 aromatic heterocycles. The van der Waals surface area contributed by atoms with Crippen molar-refractivity contribution < 1.29 is 28.6 Å². The molecule has 1 spiro atoms. The minimum atomic E-state index is -1.21. The third-order valence-corrected chi connectivity index (χ3v) is 8.73. The SMILES string of the molecule is COc1ccc(CN2C(=O)[C@H]3[C@H](C(=O)Nc4cccc(OC)c4)[C@H]4C=C[C@@]3(O4)[C@H]2C(=O)NC2CCCCC2)cc1. The average Bonchev–Trinajstić information content (AvgIpc) is 3.61. The number of carbonyl (C=O) groups is 3. The van der Waals surface area contributed by atoms with Crippen LogP contribution in [-0.2, 0) is 25.7 Å². The number of benzene rings is 2. The zero-order chi connectivity index (χ0) is 27.9. The van der Waals surface area contributed by atoms with Gasteiger partial charge < -0.3 is 29.7 Å². The maximum atomic E-state index is 14.2. The van der Waals surface area contributed by atoms with Gasteiger partial charge in [0.05, 0.1) is 32.2 Å². The number of nitrogens with zero attached hydrogens (tertiary/aromatic N) is 1. The molecule has 0 radical (unpaired) electrons. The van der Waals surface area contributed by atoms with E-state index in [1.165, 1.54) is 6.42 Å². The van der Waals surface area contributed by atoms with Gasteiger partial charge in [-0.15, -0.1) is 0 Å². The molecule has 1 saturated carbocycles. The summed E-state index contributed by atoms with van der Waals surface area (Å²) in [5.74, 6) is -1.06. The predicted molar refractivity (Wildman–Crippen MR) is 148 cm³/mol. The molecule has 3 heterocycles. The molecule has 2 saturated heterocycles. The number of carbonyl (C=O) groups excluding carboxylic acids is 3. The Morgan fingerprint density at radius 2 is 1.75 bits per heavy atom. The van der Waals surface area contributed by atoms with E-state index in [0.717, 1.165) is 31.2 Å². The van der Waals surface area contributed by atoms with Crippen LogP contribution in [0.1, 0.15) is 37.7 Å². The molecule has 9 nitrogen and oxygen atoms in total. The summed E-state index contributed by atoms with van der Waals surface area (Å²) in [5, 5.41) is 6.16. The first-order valence-electron chi connectivity index (χ1n) is 14.0. The number of hydrogen-bond donors (Lipinski definition) is 2. The number of methoxy groups -OCH3 is 2. The van der Waals surface area contributed by atoms with Gasteiger partial charge >= 0.3 is 0 Å². The molecule has 3 aliphatic heterocycles. The second-order valence-electron chi connectivity index (χ2n) is 11.1. The van der Waals surface area contributed by atoms with Crippen LogP contribution in [0.15, 0.2) is 60.7 Å². The predicted octanol–water partition coefficient (Wildman–Crippen LogP) is 3.44. The van der Waals surface area contributed by atoms with Crippen molar-refractivity contribution in [2.24, 2.45) is 11.8 Å². The number of anilines is 1. The lowest BCUT2D eigenvalue weighted by atomic mass is 9.74. The van der Waals surface area contributed by atoms with Crippen molar-refractivity contribution in [2.75, 3.05) is 19.5 Å². The second kappa shape index (κ2) is 10.6. The molecule has 0 unspecified atom stereocenters. The highest BCUT2D eigenvalue weighted by molar-refractivity contribution is 6.02. The second-order valence-corrected chi connectivity index (χ2v) is 11.1. The van der Waals surface area contributed by atoms with E-state index < -0.39 is 29.6 Å². The third kappa shape index (κ3) is 4.52. The average molecular weight is 546 g/mol. The summed E-state index contributed by atoms with van der Waals surface area (Å²) in [6.45, 7) is 0.218. The molecular weight excluding hydrogens is 510 g/mol. The summed E-state index contributed by atoms with van der Waals surface area (Å²) in [6, 6.07) is 13.7. The monoisotopic (exact) mass is 545 g/mol. The lowest BCUT2D eigenvalue weighted by Gasteiger charge is -2.34. The van der Waals surface area contributed by atoms with Crippen molar-refractivity contribution >= 4 is 23.4 Å². The van der Waals surface area contributed by atoms with Gasteiger partial charge in [-0.3, -0.25) is 14.4 Å². The van der Waals surface area contributed by atoms with Crippen LogP contribution in [-0.4, -0.2) is 60.6 Å². The molecule has 210 valence electrons. The lowest BCUT2D eigenvalue weighted by Crippen LogP contribution is -2.56. The Labute approximate surface area is 233 Å². The fourth-order valence-electron chi connectivity index (χ4n) is 6.82. The molecule has 1 aliphatic carbocycles. The Kier molecular flexibility index (Phi) is 7.00. The summed E-state index contributed by atoms with van der Waals surface area (Å²) < 4.78 is 17.0. The Bertz CT molecular complexity index is 1320. The highest BCUT2D eigenvalue weighted by Crippen LogP contribution is 2.55. The van der Waals surface area contributed by atoms with E-state index >= 15 is 0 Å². The van der Waals surface area contributed by atoms with Gasteiger partial charge in [0.2, 0.25) is 17.7 Å². The first-order chi connectivity index (χ1) is 19.4. The van der Waals surface area contributed by atoms with E-state index in [1.54, 1.807) is 43.4 Å². The quantitative estimate of drug-likeness (QED) is 0.493. The van der Waals surface area contributed by atoms with E-state index in [4.69, 9.17) is 14.2 Å². The summed E-state index contributed by atoms with van der Waals surface area (Å²) in [4.78, 5) is 43.4. The molecule has 6 rings (SSSR count). The maximum absolute atomic E-state index is 14.2. The number of rotatable bonds is 8. The van der Waals surface area contributed by atoms with Gasteiger partial charge in [-0.2, -0.15) is 0 Å². The molecule has 40 heavy (non-hydrogen) atoms. The van der Waals surface area contributed by atoms with Crippen molar-refractivity contribution in [1.82, 2.24) is 10.2 Å². The fourth-order valence-corrected chi connectivity index (χ4v) is 6.82. The first-order valence-corrected chi connectivity index (χ1v) is 14.0. The first kappa shape index (κ1) is 26.4. The molecule has 2 aromatic carbocycles. The van der Waals surface area contributed by atoms with Gasteiger partial charge in [0.15, 0.2) is 0 Å². The third-order valence-electron chi connectivity index (χ3n) is 8.73. The summed E-state index contributed by atoms with van der Waals surface area (Å²) in [5.41, 5.74) is 0.220. The summed E-state index contributed by atoms with van der Waals surface area (Å²) in [7, 11) is 3.16. The summed E-state index contributed by atoms with van der Waals surface area (Å²) >= 11 is 0. The van der Waals surface area contributed by atoms with Crippen molar-refractivity contribution in [3.8, 4) is 11.5 Å². The molecule has 4 aliphatic rings. The van der Waals surface area contributed by atoms with Gasteiger partial charge in [-0.25, -0.2) is 0 Å². The number of fused-ring (bicyclic) bond motifs is 1. The minimum Gasteiger partial charge on any atom is -0.497 e. The molecule has 3 amide bonds. The van der Waals surface area contributed by atoms with Crippen LogP contribution in [0.3, 0.4) is 0 Å². The van der Waals surface area contributed by atoms with E-state index in [9.17, 15) is 14.4 Å². The Morgan fingerprint density at radius 3 is 2.48 bits per heavy atom. The zero-order valence-electron chi connectivity index (χ0n) is 22.8. The Hall–Kier alpha value is -3.85. The standard InChI is InChI=1S/C31H35N3O6/c1-38-22-13-11-19(12-14-22)18-34-27(29(36)32-20-7-4-3-5-8-20)31-16-15-24(40-31)25(26(31)30(34)37)28(35)33-21-9-6-10-23(17-21)39-2/h6,9-17,20,24-27H,3-5,7-8,18H2,1-2H3,(H,32,36)(H,33,35)/t24-,25-,26-,27-,31+/m1/s1. The van der Waals surface area contributed by atoms with Crippen molar-refractivity contribution in [2.45, 2.75) is 62.4 Å². The van der Waals surface area contributed by atoms with Gasteiger partial charge in [-0.1, -0.05) is 49.6 Å². The van der Waals surface area contributed by atoms with Crippen LogP contribution in [0.4, 0.5) is 5.69 Å². The molecule has 2 N–H and O–H groups in total. The molecule has 9 heteroatoms. The molecule has 5 atom stereocenters. The van der Waals surface area contributed by atoms with Crippen molar-refractivity contribution in [3.05, 3.63) is 66.2 Å². The van der Waals surface area contributed by atoms with Crippen molar-refractivity contribution in [1.29, 1.82) is 0 Å². The van der Waals surface area contributed by atoms with Gasteiger partial charge in [0.25, 0.3) is 0 Å². The van der Waals surface area contributed by atoms with Gasteiger partial charge in [-0.05, 0) is 42.7 Å². The Morgan fingerprint density at radius 1 is 1.00 bits per heavy atom. The van der Waals surface area contributed by atoms with E-state index in [-0.39, 0.29) is 30.3 Å². The molecule has 3 fully saturated rings.